The number of nitrogens with zero attached hydrogens (tertiary/aromatic N) is 6. The Kier molecular flexibility index (Phi) is 8.73. The number of anilines is 6. The molecule has 0 fully saturated rings. The quantitative estimate of drug-likeness (QED) is 0.153. The van der Waals surface area contributed by atoms with Crippen LogP contribution >= 0.6 is 0 Å². The van der Waals surface area contributed by atoms with Crippen molar-refractivity contribution < 1.29 is 17.7 Å². The van der Waals surface area contributed by atoms with Gasteiger partial charge in [0.2, 0.25) is 11.4 Å². The summed E-state index contributed by atoms with van der Waals surface area (Å²) in [6, 6.07) is 71.8. The van der Waals surface area contributed by atoms with Crippen LogP contribution in [0.15, 0.2) is 249 Å². The standard InChI is InChI=1S/C70H38N6O4/c1-2-12-40-37-42(25-23-39(40)11-1)75(53-29-34-73-69-63(53)47-13-3-7-21-57(47)79-69)54-30-35-74-70-64(54)49-26-24-41(38-60(49)80-70)43-16-9-17-44-45-27-28-52(46-18-10-19-51(61(43)44)62(45)46)76(55-31-33-71-66-50-15-5-8-22-58(50)78-67(55)66)68-65-48-14-4-6-20-56(48)77-59(65)32-36-72-68/h1-38H. The molecule has 0 N–H and O–H groups in total. The average Bonchev–Trinajstić information content (AvgIpc) is 4.48. The summed E-state index contributed by atoms with van der Waals surface area (Å²) >= 11 is 0. The van der Waals surface area contributed by atoms with Crippen molar-refractivity contribution in [2.45, 2.75) is 0 Å². The van der Waals surface area contributed by atoms with Crippen molar-refractivity contribution in [2.24, 2.45) is 0 Å². The van der Waals surface area contributed by atoms with Gasteiger partial charge in [-0.15, -0.1) is 0 Å². The van der Waals surface area contributed by atoms with E-state index in [1.165, 1.54) is 0 Å². The van der Waals surface area contributed by atoms with E-state index in [1.807, 2.05) is 91.5 Å². The summed E-state index contributed by atoms with van der Waals surface area (Å²) in [6.07, 6.45) is 7.34. The van der Waals surface area contributed by atoms with Crippen molar-refractivity contribution in [1.82, 2.24) is 19.9 Å². The molecule has 80 heavy (non-hydrogen) atoms. The second-order valence-corrected chi connectivity index (χ2v) is 20.4. The Balaban J connectivity index is 0.817. The van der Waals surface area contributed by atoms with Crippen molar-refractivity contribution in [3.05, 3.63) is 231 Å². The number of para-hydroxylation sites is 3. The van der Waals surface area contributed by atoms with Crippen LogP contribution in [0, 0.1) is 0 Å². The van der Waals surface area contributed by atoms with Crippen molar-refractivity contribution in [3.63, 3.8) is 0 Å². The first-order valence-electron chi connectivity index (χ1n) is 26.6. The van der Waals surface area contributed by atoms with Crippen molar-refractivity contribution in [3.8, 4) is 33.4 Å². The number of furan rings is 4. The molecule has 9 aromatic carbocycles. The van der Waals surface area contributed by atoms with E-state index in [0.717, 1.165) is 160 Å². The molecular formula is C70H38N6O4. The van der Waals surface area contributed by atoms with Crippen LogP contribution in [-0.2, 0) is 0 Å². The zero-order valence-corrected chi connectivity index (χ0v) is 42.3. The fraction of sp³-hybridized carbons (Fsp3) is 0. The summed E-state index contributed by atoms with van der Waals surface area (Å²) in [5.74, 6) is 0.721. The maximum absolute atomic E-state index is 6.86. The van der Waals surface area contributed by atoms with Crippen LogP contribution in [-0.4, -0.2) is 19.9 Å². The number of fused-ring (bicyclic) bond motifs is 16. The Bertz CT molecular complexity index is 5500. The number of hydrogen-bond donors (Lipinski definition) is 0. The van der Waals surface area contributed by atoms with Gasteiger partial charge in [0, 0.05) is 57.4 Å². The van der Waals surface area contributed by atoms with Crippen LogP contribution in [0.3, 0.4) is 0 Å². The minimum atomic E-state index is 0.540. The molecule has 0 spiro atoms. The molecule has 10 nitrogen and oxygen atoms in total. The Morgan fingerprint density at radius 1 is 0.312 bits per heavy atom. The summed E-state index contributed by atoms with van der Waals surface area (Å²) in [7, 11) is 0. The maximum atomic E-state index is 6.86. The molecule has 0 bridgehead atoms. The lowest BCUT2D eigenvalue weighted by Crippen LogP contribution is -2.13. The van der Waals surface area contributed by atoms with Crippen LogP contribution in [0.4, 0.5) is 34.3 Å². The van der Waals surface area contributed by atoms with E-state index < -0.39 is 0 Å². The molecule has 18 rings (SSSR count). The van der Waals surface area contributed by atoms with Gasteiger partial charge in [-0.05, 0) is 128 Å². The molecule has 372 valence electrons. The molecule has 1 aliphatic carbocycles. The second kappa shape index (κ2) is 16.2. The topological polar surface area (TPSA) is 111 Å². The molecule has 0 radical (unpaired) electrons. The summed E-state index contributed by atoms with van der Waals surface area (Å²) in [6.45, 7) is 0. The van der Waals surface area contributed by atoms with Crippen molar-refractivity contribution in [1.29, 1.82) is 0 Å². The molecule has 0 aliphatic heterocycles. The lowest BCUT2D eigenvalue weighted by molar-refractivity contribution is 0.654. The highest BCUT2D eigenvalue weighted by Crippen LogP contribution is 2.56. The highest BCUT2D eigenvalue weighted by atomic mass is 16.3. The van der Waals surface area contributed by atoms with Crippen LogP contribution < -0.4 is 9.80 Å². The Morgan fingerprint density at radius 3 is 1.76 bits per heavy atom. The summed E-state index contributed by atoms with van der Waals surface area (Å²) < 4.78 is 26.5. The third-order valence-electron chi connectivity index (χ3n) is 16.2. The summed E-state index contributed by atoms with van der Waals surface area (Å²) in [5.41, 5.74) is 17.7. The van der Waals surface area contributed by atoms with E-state index in [1.54, 1.807) is 0 Å². The molecule has 8 aromatic heterocycles. The summed E-state index contributed by atoms with van der Waals surface area (Å²) in [5, 5.41) is 11.1. The van der Waals surface area contributed by atoms with Gasteiger partial charge in [0.15, 0.2) is 5.58 Å². The van der Waals surface area contributed by atoms with Crippen LogP contribution in [0.5, 0.6) is 0 Å². The number of rotatable bonds is 7. The molecule has 1 aliphatic rings. The fourth-order valence-corrected chi connectivity index (χ4v) is 12.8. The highest BCUT2D eigenvalue weighted by Gasteiger charge is 2.31. The monoisotopic (exact) mass is 1030 g/mol. The van der Waals surface area contributed by atoms with Gasteiger partial charge < -0.3 is 22.6 Å². The van der Waals surface area contributed by atoms with Crippen LogP contribution in [0.1, 0.15) is 0 Å². The van der Waals surface area contributed by atoms with E-state index in [9.17, 15) is 0 Å². The SMILES string of the molecule is c1cc(-c2ccc3c(c2)oc2nccc(N(c4ccc5ccccc5c4)c4ccnc5oc6ccccc6c45)c23)c2c(c1)-c1ccc(N(c3ccnc4c3oc3ccccc34)c3nccc4oc5ccccc5c34)c3cccc-2c13. The lowest BCUT2D eigenvalue weighted by atomic mass is 9.93. The van der Waals surface area contributed by atoms with Gasteiger partial charge in [-0.1, -0.05) is 127 Å². The predicted octanol–water partition coefficient (Wildman–Crippen LogP) is 19.4. The Labute approximate surface area is 453 Å². The van der Waals surface area contributed by atoms with Gasteiger partial charge in [0.1, 0.15) is 39.2 Å². The number of hydrogen-bond acceptors (Lipinski definition) is 10. The fourth-order valence-electron chi connectivity index (χ4n) is 12.8. The van der Waals surface area contributed by atoms with Gasteiger partial charge >= 0.3 is 0 Å². The second-order valence-electron chi connectivity index (χ2n) is 20.4. The third-order valence-corrected chi connectivity index (χ3v) is 16.2. The predicted molar refractivity (Wildman–Crippen MR) is 321 cm³/mol. The van der Waals surface area contributed by atoms with Gasteiger partial charge in [-0.2, -0.15) is 0 Å². The Morgan fingerprint density at radius 2 is 0.938 bits per heavy atom. The lowest BCUT2D eigenvalue weighted by Gasteiger charge is -2.27. The molecule has 8 heterocycles. The van der Waals surface area contributed by atoms with Crippen molar-refractivity contribution >= 4 is 144 Å². The van der Waals surface area contributed by atoms with Gasteiger partial charge in [-0.25, -0.2) is 15.0 Å². The largest absolute Gasteiger partial charge is 0.456 e. The first-order valence-corrected chi connectivity index (χ1v) is 26.6. The molecular weight excluding hydrogens is 989 g/mol. The number of aromatic nitrogens is 4. The van der Waals surface area contributed by atoms with E-state index in [0.29, 0.717) is 17.0 Å². The van der Waals surface area contributed by atoms with E-state index in [-0.39, 0.29) is 0 Å². The minimum Gasteiger partial charge on any atom is -0.456 e. The van der Waals surface area contributed by atoms with E-state index >= 15 is 0 Å². The van der Waals surface area contributed by atoms with E-state index in [2.05, 4.69) is 149 Å². The van der Waals surface area contributed by atoms with Crippen LogP contribution in [0.2, 0.25) is 0 Å². The number of benzene rings is 9. The molecule has 0 saturated carbocycles. The first-order chi connectivity index (χ1) is 39.7. The smallest absolute Gasteiger partial charge is 0.229 e. The van der Waals surface area contributed by atoms with Gasteiger partial charge in [-0.3, -0.25) is 9.88 Å². The highest BCUT2D eigenvalue weighted by molar-refractivity contribution is 6.24. The zero-order chi connectivity index (χ0) is 52.2. The minimum absolute atomic E-state index is 0.540. The maximum Gasteiger partial charge on any atom is 0.229 e. The molecule has 10 heteroatoms. The molecule has 0 amide bonds. The summed E-state index contributed by atoms with van der Waals surface area (Å²) in [4.78, 5) is 24.2. The number of pyridine rings is 4. The molecule has 0 unspecified atom stereocenters. The first kappa shape index (κ1) is 43.0. The normalized spacial score (nSPS) is 12.2. The zero-order valence-electron chi connectivity index (χ0n) is 42.3. The molecule has 0 saturated heterocycles. The molecule has 0 atom stereocenters. The third kappa shape index (κ3) is 6.01. The molecule has 17 aromatic rings. The van der Waals surface area contributed by atoms with Crippen molar-refractivity contribution in [2.75, 3.05) is 9.80 Å². The van der Waals surface area contributed by atoms with Gasteiger partial charge in [0.25, 0.3) is 0 Å². The average molecular weight is 1030 g/mol. The van der Waals surface area contributed by atoms with Crippen LogP contribution in [0.25, 0.3) is 143 Å². The van der Waals surface area contributed by atoms with Gasteiger partial charge in [0.05, 0.1) is 38.9 Å². The van der Waals surface area contributed by atoms with E-state index in [4.69, 9.17) is 37.6 Å². The Hall–Kier alpha value is -11.1.